The molecule has 0 radical (unpaired) electrons. The van der Waals surface area contributed by atoms with Crippen LogP contribution in [-0.4, -0.2) is 35.9 Å². The number of benzene rings is 1. The summed E-state index contributed by atoms with van der Waals surface area (Å²) in [5, 5.41) is 6.68. The number of nitrogen functional groups attached to an aromatic ring is 1. The summed E-state index contributed by atoms with van der Waals surface area (Å²) in [6.07, 6.45) is 1.94. The maximum Gasteiger partial charge on any atom is 0.288 e. The molecular weight excluding hydrogens is 404 g/mol. The van der Waals surface area contributed by atoms with Crippen LogP contribution in [0.25, 0.3) is 10.9 Å². The quantitative estimate of drug-likeness (QED) is 0.562. The molecule has 3 rings (SSSR count). The third-order valence-corrected chi connectivity index (χ3v) is 6.35. The molecule has 2 aromatic heterocycles. The number of H-pyrrole nitrogens is 1. The Morgan fingerprint density at radius 3 is 2.61 bits per heavy atom. The van der Waals surface area contributed by atoms with E-state index >= 15 is 0 Å². The molecule has 0 saturated carbocycles. The second-order valence-corrected chi connectivity index (χ2v) is 8.88. The second-order valence-electron chi connectivity index (χ2n) is 6.56. The second kappa shape index (κ2) is 7.94. The van der Waals surface area contributed by atoms with Crippen LogP contribution < -0.4 is 11.3 Å². The minimum Gasteiger partial charge on any atom is -0.384 e. The minimum atomic E-state index is -3.98. The largest absolute Gasteiger partial charge is 0.384 e. The third kappa shape index (κ3) is 3.78. The number of nitrogens with one attached hydrogen (secondary N) is 1. The fraction of sp³-hybridized carbons (Fsp3) is 0.333. The Hall–Kier alpha value is -2.36. The molecule has 0 aliphatic rings. The van der Waals surface area contributed by atoms with Crippen LogP contribution in [0.3, 0.4) is 0 Å². The number of hydrogen-bond acceptors (Lipinski definition) is 6. The molecule has 0 atom stereocenters. The van der Waals surface area contributed by atoms with Crippen LogP contribution in [0.2, 0.25) is 5.02 Å². The molecule has 0 bridgehead atoms. The maximum absolute atomic E-state index is 13.2. The zero-order chi connectivity index (χ0) is 20.5. The summed E-state index contributed by atoms with van der Waals surface area (Å²) in [5.41, 5.74) is 5.88. The molecular formula is C18H21ClN4O4S. The lowest BCUT2D eigenvalue weighted by Crippen LogP contribution is -2.15. The van der Waals surface area contributed by atoms with E-state index in [0.717, 1.165) is 0 Å². The lowest BCUT2D eigenvalue weighted by Gasteiger charge is -2.10. The molecule has 28 heavy (non-hydrogen) atoms. The summed E-state index contributed by atoms with van der Waals surface area (Å²) in [6.45, 7) is 4.64. The number of ether oxygens (including phenoxy) is 1. The summed E-state index contributed by atoms with van der Waals surface area (Å²) < 4.78 is 33.5. The van der Waals surface area contributed by atoms with E-state index in [1.54, 1.807) is 0 Å². The van der Waals surface area contributed by atoms with Crippen LogP contribution >= 0.6 is 11.6 Å². The highest BCUT2D eigenvalue weighted by molar-refractivity contribution is 7.92. The van der Waals surface area contributed by atoms with Crippen molar-refractivity contribution in [1.82, 2.24) is 14.8 Å². The van der Waals surface area contributed by atoms with Gasteiger partial charge in [0.15, 0.2) is 0 Å². The average Bonchev–Trinajstić information content (AvgIpc) is 2.92. The van der Waals surface area contributed by atoms with Crippen LogP contribution in [0.4, 0.5) is 5.82 Å². The first-order valence-electron chi connectivity index (χ1n) is 8.71. The van der Waals surface area contributed by atoms with E-state index < -0.39 is 15.4 Å². The number of nitrogens with zero attached hydrogens (tertiary/aromatic N) is 2. The van der Waals surface area contributed by atoms with Crippen molar-refractivity contribution in [3.63, 3.8) is 0 Å². The van der Waals surface area contributed by atoms with Gasteiger partial charge in [-0.1, -0.05) is 11.6 Å². The average molecular weight is 425 g/mol. The molecule has 8 nitrogen and oxygen atoms in total. The van der Waals surface area contributed by atoms with Crippen molar-refractivity contribution < 1.29 is 13.2 Å². The van der Waals surface area contributed by atoms with E-state index in [4.69, 9.17) is 22.1 Å². The van der Waals surface area contributed by atoms with E-state index in [2.05, 4.69) is 10.2 Å². The molecule has 150 valence electrons. The number of fused-ring (bicyclic) bond motifs is 1. The normalized spacial score (nSPS) is 12.1. The van der Waals surface area contributed by atoms with Gasteiger partial charge in [-0.15, -0.1) is 0 Å². The summed E-state index contributed by atoms with van der Waals surface area (Å²) in [4.78, 5) is 12.3. The highest BCUT2D eigenvalue weighted by Crippen LogP contribution is 2.34. The van der Waals surface area contributed by atoms with Gasteiger partial charge >= 0.3 is 0 Å². The molecule has 0 unspecified atom stereocenters. The number of anilines is 1. The van der Waals surface area contributed by atoms with Crippen molar-refractivity contribution in [3.05, 3.63) is 45.8 Å². The van der Waals surface area contributed by atoms with Gasteiger partial charge in [0.05, 0.1) is 17.2 Å². The molecule has 0 saturated heterocycles. The van der Waals surface area contributed by atoms with Gasteiger partial charge in [-0.3, -0.25) is 4.79 Å². The molecule has 10 heteroatoms. The fourth-order valence-electron chi connectivity index (χ4n) is 2.99. The Kier molecular flexibility index (Phi) is 5.78. The molecule has 0 fully saturated rings. The highest BCUT2D eigenvalue weighted by atomic mass is 35.5. The van der Waals surface area contributed by atoms with Crippen molar-refractivity contribution in [2.45, 2.75) is 42.7 Å². The number of sulfone groups is 1. The minimum absolute atomic E-state index is 0.00648. The molecule has 0 aliphatic heterocycles. The number of aromatic amines is 1. The van der Waals surface area contributed by atoms with Crippen LogP contribution in [0.15, 0.2) is 45.0 Å². The topological polar surface area (TPSA) is 120 Å². The van der Waals surface area contributed by atoms with Crippen molar-refractivity contribution in [3.8, 4) is 0 Å². The number of halogens is 1. The van der Waals surface area contributed by atoms with Crippen LogP contribution in [0.1, 0.15) is 20.3 Å². The number of nitrogens with two attached hydrogens (primary N) is 1. The van der Waals surface area contributed by atoms with Crippen LogP contribution in [-0.2, 0) is 21.1 Å². The first-order valence-corrected chi connectivity index (χ1v) is 10.6. The summed E-state index contributed by atoms with van der Waals surface area (Å²) >= 11 is 5.86. The molecule has 0 spiro atoms. The molecule has 0 amide bonds. The van der Waals surface area contributed by atoms with Crippen molar-refractivity contribution >= 4 is 38.2 Å². The van der Waals surface area contributed by atoms with Crippen molar-refractivity contribution in [2.24, 2.45) is 0 Å². The van der Waals surface area contributed by atoms with Crippen LogP contribution in [0, 0.1) is 0 Å². The van der Waals surface area contributed by atoms with Gasteiger partial charge in [0.25, 0.3) is 5.56 Å². The van der Waals surface area contributed by atoms with Crippen LogP contribution in [0.5, 0.6) is 0 Å². The third-order valence-electron chi connectivity index (χ3n) is 4.24. The Morgan fingerprint density at radius 2 is 1.96 bits per heavy atom. The van der Waals surface area contributed by atoms with Gasteiger partial charge in [-0.25, -0.2) is 13.5 Å². The number of aromatic nitrogens is 3. The molecule has 2 heterocycles. The maximum atomic E-state index is 13.2. The van der Waals surface area contributed by atoms with Gasteiger partial charge in [0, 0.05) is 23.6 Å². The zero-order valence-corrected chi connectivity index (χ0v) is 17.0. The summed E-state index contributed by atoms with van der Waals surface area (Å²) in [7, 11) is -3.98. The van der Waals surface area contributed by atoms with E-state index in [0.29, 0.717) is 24.6 Å². The zero-order valence-electron chi connectivity index (χ0n) is 15.5. The van der Waals surface area contributed by atoms with E-state index in [1.807, 2.05) is 13.8 Å². The van der Waals surface area contributed by atoms with E-state index in [9.17, 15) is 13.2 Å². The van der Waals surface area contributed by atoms with Gasteiger partial charge in [-0.2, -0.15) is 5.10 Å². The summed E-state index contributed by atoms with van der Waals surface area (Å²) in [6, 6.07) is 5.77. The predicted octanol–water partition coefficient (Wildman–Crippen LogP) is 2.61. The molecule has 3 N–H and O–H groups in total. The monoisotopic (exact) mass is 424 g/mol. The van der Waals surface area contributed by atoms with E-state index in [1.165, 1.54) is 35.0 Å². The smallest absolute Gasteiger partial charge is 0.288 e. The molecule has 1 aromatic carbocycles. The van der Waals surface area contributed by atoms with Gasteiger partial charge in [0.1, 0.15) is 16.2 Å². The van der Waals surface area contributed by atoms with Gasteiger partial charge in [-0.05, 0) is 44.5 Å². The molecule has 3 aromatic rings. The number of aryl methyl sites for hydroxylation is 1. The Morgan fingerprint density at radius 1 is 1.29 bits per heavy atom. The lowest BCUT2D eigenvalue weighted by atomic mass is 10.3. The predicted molar refractivity (Wildman–Crippen MR) is 107 cm³/mol. The van der Waals surface area contributed by atoms with Gasteiger partial charge < -0.3 is 15.0 Å². The fourth-order valence-corrected chi connectivity index (χ4v) is 4.68. The Balaban J connectivity index is 2.13. The van der Waals surface area contributed by atoms with Crippen molar-refractivity contribution in [1.29, 1.82) is 0 Å². The Labute approximate surface area is 167 Å². The van der Waals surface area contributed by atoms with E-state index in [-0.39, 0.29) is 32.6 Å². The first kappa shape index (κ1) is 20.4. The SMILES string of the molecule is CC(C)OCCCn1c(N)c(S(=O)(=O)c2ccc(Cl)cc2)c2cn[nH]c(=O)c21. The Bertz CT molecular complexity index is 1150. The number of hydrogen-bond donors (Lipinski definition) is 2. The van der Waals surface area contributed by atoms with Crippen molar-refractivity contribution in [2.75, 3.05) is 12.3 Å². The van der Waals surface area contributed by atoms with Gasteiger partial charge in [0.2, 0.25) is 9.84 Å². The summed E-state index contributed by atoms with van der Waals surface area (Å²) in [5.74, 6) is -0.00648. The number of rotatable bonds is 7. The highest BCUT2D eigenvalue weighted by Gasteiger charge is 2.29. The lowest BCUT2D eigenvalue weighted by molar-refractivity contribution is 0.0751. The standard InChI is InChI=1S/C18H21ClN4O4S/c1-11(2)27-9-3-8-23-15-14(10-21-22-18(15)24)16(17(23)20)28(25,26)13-6-4-12(19)5-7-13/h4-7,10-11H,3,8-9,20H2,1-2H3,(H,22,24). The molecule has 0 aliphatic carbocycles. The first-order chi connectivity index (χ1) is 13.2.